The number of carbonyl (C=O) groups is 1. The Hall–Kier alpha value is -2.26. The van der Waals surface area contributed by atoms with Gasteiger partial charge in [-0.15, -0.1) is 10.2 Å². The van der Waals surface area contributed by atoms with Gasteiger partial charge < -0.3 is 14.4 Å². The van der Waals surface area contributed by atoms with Gasteiger partial charge in [0.2, 0.25) is 11.0 Å². The van der Waals surface area contributed by atoms with Crippen LogP contribution < -0.4 is 10.5 Å². The molecule has 0 spiro atoms. The lowest BCUT2D eigenvalue weighted by atomic mass is 9.83. The first-order valence-electron chi connectivity index (χ1n) is 10.2. The second kappa shape index (κ2) is 7.21. The quantitative estimate of drug-likeness (QED) is 0.746. The van der Waals surface area contributed by atoms with Crippen molar-refractivity contribution in [3.05, 3.63) is 39.3 Å². The molecule has 2 saturated heterocycles. The molecule has 2 aromatic rings. The zero-order chi connectivity index (χ0) is 20.1. The van der Waals surface area contributed by atoms with Crippen molar-refractivity contribution < 1.29 is 4.79 Å². The van der Waals surface area contributed by atoms with Crippen LogP contribution in [-0.2, 0) is 17.9 Å². The van der Waals surface area contributed by atoms with E-state index in [4.69, 9.17) is 0 Å². The fraction of sp³-hybridized carbons (Fsp3) is 0.600. The molecule has 5 rings (SSSR count). The first kappa shape index (κ1) is 18.7. The summed E-state index contributed by atoms with van der Waals surface area (Å²) in [7, 11) is 1.85. The molecule has 3 atom stereocenters. The van der Waals surface area contributed by atoms with Crippen molar-refractivity contribution in [1.82, 2.24) is 24.6 Å². The van der Waals surface area contributed by atoms with E-state index >= 15 is 0 Å². The molecule has 1 amide bonds. The highest BCUT2D eigenvalue weighted by Gasteiger charge is 2.36. The number of likely N-dealkylation sites (N-methyl/N-ethyl adjacent to an activating group) is 1. The molecular formula is C20H26N6O2S. The maximum atomic E-state index is 13.3. The molecule has 2 fully saturated rings. The van der Waals surface area contributed by atoms with E-state index in [1.165, 1.54) is 0 Å². The number of rotatable bonds is 3. The van der Waals surface area contributed by atoms with Crippen molar-refractivity contribution in [1.29, 1.82) is 0 Å². The molecule has 154 valence electrons. The van der Waals surface area contributed by atoms with Crippen molar-refractivity contribution in [3.8, 4) is 0 Å². The van der Waals surface area contributed by atoms with Gasteiger partial charge in [0.05, 0.1) is 6.54 Å². The number of piperazine rings is 1. The fourth-order valence-electron chi connectivity index (χ4n) is 5.04. The Bertz CT molecular complexity index is 974. The Morgan fingerprint density at radius 3 is 2.79 bits per heavy atom. The average molecular weight is 415 g/mol. The van der Waals surface area contributed by atoms with Crippen molar-refractivity contribution in [2.24, 2.45) is 5.92 Å². The first-order valence-corrected chi connectivity index (χ1v) is 11.1. The number of hydrogen-bond donors (Lipinski definition) is 0. The maximum absolute atomic E-state index is 13.3. The van der Waals surface area contributed by atoms with E-state index < -0.39 is 0 Å². The van der Waals surface area contributed by atoms with Crippen LogP contribution in [0.15, 0.2) is 22.4 Å². The third-order valence-corrected chi connectivity index (χ3v) is 7.38. The Balaban J connectivity index is 1.38. The van der Waals surface area contributed by atoms with Crippen LogP contribution in [-0.4, -0.2) is 69.7 Å². The van der Waals surface area contributed by atoms with Crippen LogP contribution in [0.25, 0.3) is 0 Å². The molecule has 8 nitrogen and oxygen atoms in total. The van der Waals surface area contributed by atoms with E-state index in [1.54, 1.807) is 21.7 Å². The van der Waals surface area contributed by atoms with E-state index in [9.17, 15) is 9.59 Å². The van der Waals surface area contributed by atoms with E-state index in [0.717, 1.165) is 49.0 Å². The summed E-state index contributed by atoms with van der Waals surface area (Å²) >= 11 is 1.57. The summed E-state index contributed by atoms with van der Waals surface area (Å²) in [6.07, 6.45) is 1.12. The summed E-state index contributed by atoms with van der Waals surface area (Å²) in [6.45, 7) is 6.33. The van der Waals surface area contributed by atoms with Crippen LogP contribution in [0, 0.1) is 5.92 Å². The molecule has 2 bridgehead atoms. The van der Waals surface area contributed by atoms with E-state index in [2.05, 4.69) is 33.0 Å². The van der Waals surface area contributed by atoms with Gasteiger partial charge in [-0.25, -0.2) is 0 Å². The number of pyridine rings is 1. The highest BCUT2D eigenvalue weighted by atomic mass is 32.1. The predicted octanol–water partition coefficient (Wildman–Crippen LogP) is 0.986. The molecule has 0 radical (unpaired) electrons. The lowest BCUT2D eigenvalue weighted by Gasteiger charge is -2.42. The van der Waals surface area contributed by atoms with E-state index in [1.807, 2.05) is 17.7 Å². The number of carbonyl (C=O) groups excluding carboxylic acids is 1. The third kappa shape index (κ3) is 3.36. The number of anilines is 1. The number of hydrogen-bond acceptors (Lipinski definition) is 7. The maximum Gasteiger partial charge on any atom is 0.255 e. The number of amides is 1. The zero-order valence-electron chi connectivity index (χ0n) is 16.8. The van der Waals surface area contributed by atoms with Gasteiger partial charge in [0, 0.05) is 63.0 Å². The molecule has 3 aliphatic heterocycles. The third-order valence-electron chi connectivity index (χ3n) is 6.63. The van der Waals surface area contributed by atoms with Gasteiger partial charge in [-0.2, -0.15) is 0 Å². The van der Waals surface area contributed by atoms with Gasteiger partial charge >= 0.3 is 0 Å². The van der Waals surface area contributed by atoms with Gasteiger partial charge in [-0.1, -0.05) is 17.4 Å². The molecule has 0 aromatic carbocycles. The van der Waals surface area contributed by atoms with Crippen molar-refractivity contribution in [2.75, 3.05) is 38.1 Å². The zero-order valence-corrected chi connectivity index (χ0v) is 17.6. The highest BCUT2D eigenvalue weighted by molar-refractivity contribution is 7.13. The fourth-order valence-corrected chi connectivity index (χ4v) is 5.62. The number of aromatic nitrogens is 3. The largest absolute Gasteiger partial charge is 0.346 e. The van der Waals surface area contributed by atoms with Crippen molar-refractivity contribution >= 4 is 22.4 Å². The summed E-state index contributed by atoms with van der Waals surface area (Å²) < 4.78 is 1.99. The minimum absolute atomic E-state index is 0.112. The van der Waals surface area contributed by atoms with Crippen molar-refractivity contribution in [3.63, 3.8) is 0 Å². The molecule has 0 unspecified atom stereocenters. The minimum Gasteiger partial charge on any atom is -0.346 e. The van der Waals surface area contributed by atoms with Crippen LogP contribution in [0.3, 0.4) is 0 Å². The summed E-state index contributed by atoms with van der Waals surface area (Å²) in [4.78, 5) is 31.6. The normalized spacial score (nSPS) is 27.2. The monoisotopic (exact) mass is 414 g/mol. The van der Waals surface area contributed by atoms with Gasteiger partial charge in [0.25, 0.3) is 5.56 Å². The van der Waals surface area contributed by atoms with Gasteiger partial charge in [0.1, 0.15) is 5.51 Å². The molecule has 0 N–H and O–H groups in total. The first-order chi connectivity index (χ1) is 14.0. The summed E-state index contributed by atoms with van der Waals surface area (Å²) in [6, 6.07) is 4.27. The molecular weight excluding hydrogens is 388 g/mol. The Kier molecular flexibility index (Phi) is 4.66. The van der Waals surface area contributed by atoms with E-state index in [0.29, 0.717) is 24.9 Å². The Morgan fingerprint density at radius 2 is 2.03 bits per heavy atom. The predicted molar refractivity (Wildman–Crippen MR) is 111 cm³/mol. The van der Waals surface area contributed by atoms with Crippen LogP contribution in [0.2, 0.25) is 0 Å². The topological polar surface area (TPSA) is 74.6 Å². The smallest absolute Gasteiger partial charge is 0.255 e. The molecule has 0 saturated carbocycles. The van der Waals surface area contributed by atoms with Crippen LogP contribution in [0.4, 0.5) is 5.13 Å². The highest BCUT2D eigenvalue weighted by Crippen LogP contribution is 2.37. The molecule has 9 heteroatoms. The Labute approximate surface area is 173 Å². The van der Waals surface area contributed by atoms with E-state index in [-0.39, 0.29) is 17.5 Å². The number of piperidine rings is 1. The lowest BCUT2D eigenvalue weighted by Crippen LogP contribution is -2.53. The molecule has 3 aliphatic rings. The molecule has 2 aromatic heterocycles. The van der Waals surface area contributed by atoms with Crippen LogP contribution in [0.1, 0.15) is 30.5 Å². The average Bonchev–Trinajstić information content (AvgIpc) is 3.23. The lowest BCUT2D eigenvalue weighted by molar-refractivity contribution is -0.137. The number of nitrogens with zero attached hydrogens (tertiary/aromatic N) is 6. The van der Waals surface area contributed by atoms with Gasteiger partial charge in [-0.05, 0) is 25.3 Å². The Morgan fingerprint density at radius 1 is 1.17 bits per heavy atom. The second-order valence-electron chi connectivity index (χ2n) is 8.65. The second-order valence-corrected chi connectivity index (χ2v) is 9.46. The number of fused-ring (bicyclic) bond motifs is 4. The molecule has 0 aliphatic carbocycles. The standard InChI is InChI=1S/C20H26N6O2S/c1-13-6-24(11-18(27)23(13)2)9-15-3-4-17-16-5-14(8-26(17)19(15)28)7-25(10-16)20-22-21-12-29-20/h3-4,12-14,16H,5-11H2,1-2H3/t13-,14+,16-/m1/s1. The van der Waals surface area contributed by atoms with Gasteiger partial charge in [-0.3, -0.25) is 14.5 Å². The summed E-state index contributed by atoms with van der Waals surface area (Å²) in [5.74, 6) is 0.912. The summed E-state index contributed by atoms with van der Waals surface area (Å²) in [5, 5.41) is 9.17. The molecule has 29 heavy (non-hydrogen) atoms. The van der Waals surface area contributed by atoms with Crippen LogP contribution >= 0.6 is 11.3 Å². The van der Waals surface area contributed by atoms with Crippen molar-refractivity contribution in [2.45, 2.75) is 38.4 Å². The summed E-state index contributed by atoms with van der Waals surface area (Å²) in [5.41, 5.74) is 3.81. The SMILES string of the molecule is C[C@@H]1CN(Cc2ccc3n(c2=O)C[C@H]2C[C@@H]3CN(c3nncs3)C2)CC(=O)N1C. The van der Waals surface area contributed by atoms with Gasteiger partial charge in [0.15, 0.2) is 0 Å². The van der Waals surface area contributed by atoms with Crippen LogP contribution in [0.5, 0.6) is 0 Å². The molecule has 5 heterocycles. The minimum atomic E-state index is 0.112.